The number of fused-ring (bicyclic) bond motifs is 1. The summed E-state index contributed by atoms with van der Waals surface area (Å²) in [4.78, 5) is 48.5. The number of anilines is 10. The number of nitrogens with one attached hydrogen (secondary N) is 6. The quantitative estimate of drug-likeness (QED) is 0.0331. The largest absolute Gasteiger partial charge is 0.495 e. The zero-order valence-electron chi connectivity index (χ0n) is 36.3. The van der Waals surface area contributed by atoms with Crippen molar-refractivity contribution in [2.45, 2.75) is 30.6 Å². The van der Waals surface area contributed by atoms with Gasteiger partial charge in [-0.25, -0.2) is 0 Å². The Morgan fingerprint density at radius 2 is 1.13 bits per heavy atom. The number of carbonyl (C=O) groups excluding carboxylic acids is 2. The first-order valence-electron chi connectivity index (χ1n) is 19.6. The van der Waals surface area contributed by atoms with Gasteiger partial charge in [-0.05, 0) is 90.3 Å². The van der Waals surface area contributed by atoms with Crippen LogP contribution in [0, 0.1) is 6.92 Å². The van der Waals surface area contributed by atoms with Crippen molar-refractivity contribution in [3.63, 3.8) is 0 Å². The van der Waals surface area contributed by atoms with Crippen molar-refractivity contribution >= 4 is 135 Å². The highest BCUT2D eigenvalue weighted by molar-refractivity contribution is 7.86. The Labute approximate surface area is 401 Å². The fourth-order valence-corrected chi connectivity index (χ4v) is 8.23. The van der Waals surface area contributed by atoms with Gasteiger partial charge in [-0.2, -0.15) is 51.9 Å². The lowest BCUT2D eigenvalue weighted by Crippen LogP contribution is -2.09. The Morgan fingerprint density at radius 3 is 1.70 bits per heavy atom. The normalized spacial score (nSPS) is 11.6. The molecule has 24 nitrogen and oxygen atoms in total. The Kier molecular flexibility index (Phi) is 14.3. The smallest absolute Gasteiger partial charge is 0.295 e. The van der Waals surface area contributed by atoms with Gasteiger partial charge in [0, 0.05) is 36.4 Å². The molecule has 0 saturated heterocycles. The molecule has 0 bridgehead atoms. The van der Waals surface area contributed by atoms with Crippen molar-refractivity contribution in [2.75, 3.05) is 46.1 Å². The molecule has 5 aromatic carbocycles. The lowest BCUT2D eigenvalue weighted by Gasteiger charge is -2.16. The van der Waals surface area contributed by atoms with E-state index in [9.17, 15) is 35.5 Å². The average Bonchev–Trinajstić information content (AvgIpc) is 3.25. The third-order valence-electron chi connectivity index (χ3n) is 9.26. The molecule has 0 atom stereocenters. The van der Waals surface area contributed by atoms with E-state index in [0.717, 1.165) is 23.8 Å². The van der Waals surface area contributed by atoms with Gasteiger partial charge in [0.1, 0.15) is 27.0 Å². The Balaban J connectivity index is 1.17. The number of nitrogens with zero attached hydrogens (tertiary/aromatic N) is 8. The maximum atomic E-state index is 12.4. The summed E-state index contributed by atoms with van der Waals surface area (Å²) >= 11 is 12.7. The molecule has 0 aliphatic carbocycles. The molecule has 2 aromatic heterocycles. The summed E-state index contributed by atoms with van der Waals surface area (Å²) in [6.45, 7) is 4.47. The Bertz CT molecular complexity index is 3460. The van der Waals surface area contributed by atoms with Gasteiger partial charge >= 0.3 is 0 Å². The lowest BCUT2D eigenvalue weighted by molar-refractivity contribution is -0.115. The highest BCUT2D eigenvalue weighted by atomic mass is 35.5. The van der Waals surface area contributed by atoms with E-state index >= 15 is 0 Å². The van der Waals surface area contributed by atoms with Crippen LogP contribution in [0.5, 0.6) is 11.5 Å². The van der Waals surface area contributed by atoms with Gasteiger partial charge < -0.3 is 41.4 Å². The van der Waals surface area contributed by atoms with E-state index in [0.29, 0.717) is 28.5 Å². The molecule has 0 unspecified atom stereocenters. The fraction of sp³-hybridized carbons (Fsp3) is 0.122. The number of amides is 2. The second-order valence-electron chi connectivity index (χ2n) is 14.3. The predicted molar refractivity (Wildman–Crippen MR) is 256 cm³/mol. The number of benzene rings is 5. The lowest BCUT2D eigenvalue weighted by atomic mass is 10.1. The zero-order valence-corrected chi connectivity index (χ0v) is 39.5. The first-order valence-corrected chi connectivity index (χ1v) is 23.2. The second kappa shape index (κ2) is 20.1. The maximum Gasteiger partial charge on any atom is 0.295 e. The number of ether oxygens (including phenoxy) is 2. The van der Waals surface area contributed by atoms with Crippen molar-refractivity contribution in [3.8, 4) is 11.5 Å². The monoisotopic (exact) mass is 1020 g/mol. The molecular formula is C41H36Cl2N14O10S2. The van der Waals surface area contributed by atoms with E-state index in [2.05, 4.69) is 72.0 Å². The standard InChI is InChI=1S/C41H36Cl2N14O10S2/c1-19-9-11-26(27(13-19)47-39-51-37(43)52-40(55-39)48-30-15-22(44-20(2)58)10-12-32(30)66-4)46-38-50-36(42)53-41(54-38)49-31-17-28(45-21(3)59)29(18-33(31)67-5)57-56-23-14-25-24(35(16-23)69(63,64)65)7-6-8-34(25)68(60,61)62/h6-18H,1-5H3,(H,44,58)(H,45,59)(H,60,61,62)(H,63,64,65)(H2,46,49,50,53,54)(H2,47,48,51,52,55). The van der Waals surface area contributed by atoms with Crippen molar-refractivity contribution in [1.82, 2.24) is 29.9 Å². The van der Waals surface area contributed by atoms with Crippen LogP contribution in [-0.4, -0.2) is 81.9 Å². The Morgan fingerprint density at radius 1 is 0.565 bits per heavy atom. The molecular weight excluding hydrogens is 984 g/mol. The molecule has 2 heterocycles. The van der Waals surface area contributed by atoms with Crippen LogP contribution in [0.15, 0.2) is 98.9 Å². The van der Waals surface area contributed by atoms with Gasteiger partial charge in [-0.15, -0.1) is 5.11 Å². The van der Waals surface area contributed by atoms with Crippen LogP contribution in [-0.2, 0) is 29.8 Å². The van der Waals surface area contributed by atoms with Crippen LogP contribution in [0.1, 0.15) is 19.4 Å². The minimum absolute atomic E-state index is 0.0298. The van der Waals surface area contributed by atoms with Gasteiger partial charge in [-0.3, -0.25) is 18.7 Å². The summed E-state index contributed by atoms with van der Waals surface area (Å²) in [6.07, 6.45) is 0. The minimum atomic E-state index is -4.95. The molecule has 0 radical (unpaired) electrons. The van der Waals surface area contributed by atoms with E-state index in [1.54, 1.807) is 30.3 Å². The number of azo groups is 1. The molecule has 0 aliphatic rings. The van der Waals surface area contributed by atoms with Crippen molar-refractivity contribution in [2.24, 2.45) is 10.2 Å². The molecule has 7 aromatic rings. The average molecular weight is 1020 g/mol. The second-order valence-corrected chi connectivity index (χ2v) is 17.8. The van der Waals surface area contributed by atoms with Gasteiger partial charge in [0.15, 0.2) is 0 Å². The van der Waals surface area contributed by atoms with E-state index in [4.69, 9.17) is 32.7 Å². The highest BCUT2D eigenvalue weighted by Gasteiger charge is 2.22. The fourth-order valence-electron chi connectivity index (χ4n) is 6.49. The summed E-state index contributed by atoms with van der Waals surface area (Å²) in [5, 5.41) is 24.9. The highest BCUT2D eigenvalue weighted by Crippen LogP contribution is 2.40. The molecule has 0 saturated carbocycles. The number of hydrogen-bond donors (Lipinski definition) is 8. The third-order valence-corrected chi connectivity index (χ3v) is 11.4. The van der Waals surface area contributed by atoms with Crippen molar-refractivity contribution < 1.29 is 45.0 Å². The van der Waals surface area contributed by atoms with E-state index in [-0.39, 0.29) is 79.5 Å². The summed E-state index contributed by atoms with van der Waals surface area (Å²) in [5.74, 6) is -0.318. The molecule has 7 rings (SSSR count). The topological polar surface area (TPSA) is 336 Å². The summed E-state index contributed by atoms with van der Waals surface area (Å²) in [6, 6.07) is 18.6. The number of aryl methyl sites for hydroxylation is 1. The summed E-state index contributed by atoms with van der Waals surface area (Å²) in [7, 11) is -7.00. The van der Waals surface area contributed by atoms with Crippen LogP contribution in [0.2, 0.25) is 10.6 Å². The third kappa shape index (κ3) is 12.2. The van der Waals surface area contributed by atoms with Gasteiger partial charge in [0.25, 0.3) is 20.2 Å². The molecule has 2 amide bonds. The van der Waals surface area contributed by atoms with Crippen molar-refractivity contribution in [3.05, 3.63) is 95.0 Å². The maximum absolute atomic E-state index is 12.4. The Hall–Kier alpha value is -7.88. The summed E-state index contributed by atoms with van der Waals surface area (Å²) in [5.41, 5.74) is 2.57. The summed E-state index contributed by atoms with van der Waals surface area (Å²) < 4.78 is 80.0. The number of aromatic nitrogens is 6. The number of rotatable bonds is 16. The zero-order chi connectivity index (χ0) is 49.8. The van der Waals surface area contributed by atoms with Gasteiger partial charge in [-0.1, -0.05) is 18.2 Å². The van der Waals surface area contributed by atoms with Crippen LogP contribution < -0.4 is 41.4 Å². The number of halogens is 2. The predicted octanol–water partition coefficient (Wildman–Crippen LogP) is 8.64. The number of methoxy groups -OCH3 is 2. The van der Waals surface area contributed by atoms with Crippen LogP contribution in [0.3, 0.4) is 0 Å². The van der Waals surface area contributed by atoms with Crippen molar-refractivity contribution in [1.29, 1.82) is 0 Å². The first kappa shape index (κ1) is 49.0. The minimum Gasteiger partial charge on any atom is -0.495 e. The molecule has 69 heavy (non-hydrogen) atoms. The van der Waals surface area contributed by atoms with Gasteiger partial charge in [0.2, 0.25) is 46.2 Å². The van der Waals surface area contributed by atoms with Crippen LogP contribution >= 0.6 is 23.2 Å². The van der Waals surface area contributed by atoms with E-state index in [1.165, 1.54) is 52.3 Å². The van der Waals surface area contributed by atoms with Gasteiger partial charge in [0.05, 0.1) is 48.3 Å². The molecule has 0 spiro atoms. The SMILES string of the molecule is COc1ccc(NC(C)=O)cc1Nc1nc(Cl)nc(Nc2cc(C)ccc2Nc2nc(Cl)nc(Nc3cc(NC(C)=O)c(N=Nc4cc(S(=O)(=O)O)c5cccc(S(=O)(=O)O)c5c4)cc3OC)n2)n1. The molecule has 0 aliphatic heterocycles. The van der Waals surface area contributed by atoms with Crippen LogP contribution in [0.4, 0.5) is 69.3 Å². The molecule has 0 fully saturated rings. The molecule has 28 heteroatoms. The number of hydrogen-bond acceptors (Lipinski definition) is 20. The molecule has 356 valence electrons. The van der Waals surface area contributed by atoms with E-state index < -0.39 is 35.9 Å². The number of carbonyl (C=O) groups is 2. The first-order chi connectivity index (χ1) is 32.6. The van der Waals surface area contributed by atoms with E-state index in [1.807, 2.05) is 13.0 Å². The van der Waals surface area contributed by atoms with Crippen LogP contribution in [0.25, 0.3) is 10.8 Å². The molecule has 8 N–H and O–H groups in total.